The molecule has 1 heterocycles. The second-order valence-electron chi connectivity index (χ2n) is 7.84. The number of benzene rings is 2. The van der Waals surface area contributed by atoms with E-state index in [1.165, 1.54) is 13.3 Å². The molecule has 7 heteroatoms. The van der Waals surface area contributed by atoms with Crippen molar-refractivity contribution in [1.29, 1.82) is 0 Å². The summed E-state index contributed by atoms with van der Waals surface area (Å²) >= 11 is 1.64. The van der Waals surface area contributed by atoms with Gasteiger partial charge in [0.2, 0.25) is 0 Å². The Hall–Kier alpha value is -2.93. The van der Waals surface area contributed by atoms with Crippen molar-refractivity contribution in [3.8, 4) is 5.75 Å². The lowest BCUT2D eigenvalue weighted by Gasteiger charge is -2.29. The maximum atomic E-state index is 11.1. The lowest BCUT2D eigenvalue weighted by atomic mass is 9.83. The molecule has 1 fully saturated rings. The average Bonchev–Trinajstić information content (AvgIpc) is 3.22. The zero-order valence-corrected chi connectivity index (χ0v) is 18.3. The number of carboxylic acids is 1. The molecule has 1 aromatic heterocycles. The summed E-state index contributed by atoms with van der Waals surface area (Å²) in [4.78, 5) is 21.4. The highest BCUT2D eigenvalue weighted by molar-refractivity contribution is 7.18. The molecule has 1 aliphatic carbocycles. The molecule has 4 rings (SSSR count). The molecule has 1 aliphatic rings. The van der Waals surface area contributed by atoms with E-state index in [2.05, 4.69) is 16.2 Å². The van der Waals surface area contributed by atoms with Crippen LogP contribution in [-0.2, 0) is 16.2 Å². The first-order valence-electron chi connectivity index (χ1n) is 10.6. The van der Waals surface area contributed by atoms with Crippen LogP contribution in [0, 0.1) is 5.92 Å². The highest BCUT2D eigenvalue weighted by Crippen LogP contribution is 2.37. The number of rotatable bonds is 8. The van der Waals surface area contributed by atoms with E-state index in [-0.39, 0.29) is 11.8 Å². The van der Waals surface area contributed by atoms with Gasteiger partial charge in [-0.3, -0.25) is 0 Å². The number of hydrogen-bond donors (Lipinski definition) is 1. The first kappa shape index (κ1) is 21.3. The highest BCUT2D eigenvalue weighted by atomic mass is 32.1. The van der Waals surface area contributed by atoms with Gasteiger partial charge in [0.1, 0.15) is 17.4 Å². The number of aliphatic carboxylic acids is 1. The van der Waals surface area contributed by atoms with Gasteiger partial charge < -0.3 is 14.7 Å². The molecule has 0 bridgehead atoms. The molecule has 2 aromatic carbocycles. The summed E-state index contributed by atoms with van der Waals surface area (Å²) in [6.07, 6.45) is 5.42. The van der Waals surface area contributed by atoms with Crippen LogP contribution in [0.4, 0.5) is 0 Å². The summed E-state index contributed by atoms with van der Waals surface area (Å²) in [5.41, 5.74) is 1.93. The van der Waals surface area contributed by atoms with E-state index in [4.69, 9.17) is 14.7 Å². The zero-order valence-electron chi connectivity index (χ0n) is 17.5. The van der Waals surface area contributed by atoms with E-state index in [9.17, 15) is 4.79 Å². The van der Waals surface area contributed by atoms with Crippen molar-refractivity contribution in [3.05, 3.63) is 59.1 Å². The van der Waals surface area contributed by atoms with Gasteiger partial charge in [-0.1, -0.05) is 48.7 Å². The van der Waals surface area contributed by atoms with Gasteiger partial charge in [-0.25, -0.2) is 9.78 Å². The molecule has 1 saturated carbocycles. The number of hydrogen-bond acceptors (Lipinski definition) is 6. The molecule has 31 heavy (non-hydrogen) atoms. The number of para-hydroxylation sites is 1. The Labute approximate surface area is 185 Å². The van der Waals surface area contributed by atoms with Crippen LogP contribution in [0.15, 0.2) is 53.7 Å². The zero-order chi connectivity index (χ0) is 21.6. The van der Waals surface area contributed by atoms with E-state index < -0.39 is 5.97 Å². The molecule has 3 aromatic rings. The van der Waals surface area contributed by atoms with Crippen LogP contribution < -0.4 is 4.74 Å². The predicted octanol–water partition coefficient (Wildman–Crippen LogP) is 5.97. The van der Waals surface area contributed by atoms with Gasteiger partial charge in [-0.05, 0) is 49.6 Å². The number of carboxylic acid groups (broad SMARTS) is 1. The quantitative estimate of drug-likeness (QED) is 0.346. The fourth-order valence-electron chi connectivity index (χ4n) is 3.91. The lowest BCUT2D eigenvalue weighted by molar-refractivity contribution is -0.129. The third kappa shape index (κ3) is 5.41. The minimum absolute atomic E-state index is 0.0448. The van der Waals surface area contributed by atoms with Crippen LogP contribution in [0.25, 0.3) is 10.2 Å². The van der Waals surface area contributed by atoms with Gasteiger partial charge in [-0.2, -0.15) is 0 Å². The Morgan fingerprint density at radius 2 is 1.90 bits per heavy atom. The Morgan fingerprint density at radius 3 is 2.61 bits per heavy atom. The van der Waals surface area contributed by atoms with Crippen molar-refractivity contribution in [1.82, 2.24) is 4.98 Å². The van der Waals surface area contributed by atoms with E-state index >= 15 is 0 Å². The van der Waals surface area contributed by atoms with E-state index in [0.717, 1.165) is 52.2 Å². The summed E-state index contributed by atoms with van der Waals surface area (Å²) < 4.78 is 7.09. The van der Waals surface area contributed by atoms with Gasteiger partial charge in [-0.15, -0.1) is 11.3 Å². The summed E-state index contributed by atoms with van der Waals surface area (Å²) in [7, 11) is 0. The number of aromatic nitrogens is 1. The van der Waals surface area contributed by atoms with E-state index in [1.54, 1.807) is 11.3 Å². The number of fused-ring (bicyclic) bond motifs is 1. The second-order valence-corrected chi connectivity index (χ2v) is 8.95. The Morgan fingerprint density at radius 1 is 1.16 bits per heavy atom. The molecule has 6 nitrogen and oxygen atoms in total. The molecule has 1 N–H and O–H groups in total. The van der Waals surface area contributed by atoms with Crippen molar-refractivity contribution >= 4 is 33.2 Å². The maximum absolute atomic E-state index is 11.1. The molecule has 1 unspecified atom stereocenters. The molecular weight excluding hydrogens is 412 g/mol. The standard InChI is InChI=1S/C24H26N2O4S/c1-16(24(27)28)26-30-23(17-7-3-2-4-8-17)18-11-13-19(14-12-18)29-15-22-25-20-9-5-6-10-21(20)31-22/h5-6,9-14,17,23H,2-4,7-8,15H2,1H3,(H,27,28)/b26-16+. The summed E-state index contributed by atoms with van der Waals surface area (Å²) in [6, 6.07) is 15.9. The minimum Gasteiger partial charge on any atom is -0.486 e. The number of oxime groups is 1. The lowest BCUT2D eigenvalue weighted by Crippen LogP contribution is -2.19. The van der Waals surface area contributed by atoms with E-state index in [0.29, 0.717) is 12.5 Å². The first-order valence-corrected chi connectivity index (χ1v) is 11.4. The second kappa shape index (κ2) is 9.92. The fourth-order valence-corrected chi connectivity index (χ4v) is 4.79. The van der Waals surface area contributed by atoms with Gasteiger partial charge in [0, 0.05) is 5.92 Å². The molecule has 0 aliphatic heterocycles. The Kier molecular flexibility index (Phi) is 6.82. The molecule has 0 radical (unpaired) electrons. The van der Waals surface area contributed by atoms with Crippen LogP contribution >= 0.6 is 11.3 Å². The highest BCUT2D eigenvalue weighted by Gasteiger charge is 2.27. The first-order chi connectivity index (χ1) is 15.1. The Balaban J connectivity index is 1.44. The van der Waals surface area contributed by atoms with Gasteiger partial charge in [0.15, 0.2) is 11.8 Å². The van der Waals surface area contributed by atoms with E-state index in [1.807, 2.05) is 42.5 Å². The van der Waals surface area contributed by atoms with Crippen LogP contribution in [0.5, 0.6) is 5.75 Å². The predicted molar refractivity (Wildman–Crippen MR) is 122 cm³/mol. The van der Waals surface area contributed by atoms with Crippen LogP contribution in [0.2, 0.25) is 0 Å². The molecule has 0 saturated heterocycles. The monoisotopic (exact) mass is 438 g/mol. The van der Waals surface area contributed by atoms with Crippen molar-refractivity contribution in [2.75, 3.05) is 0 Å². The molecule has 0 spiro atoms. The summed E-state index contributed by atoms with van der Waals surface area (Å²) in [5.74, 6) is 0.0187. The molecule has 162 valence electrons. The minimum atomic E-state index is -1.07. The molecular formula is C24H26N2O4S. The maximum Gasteiger partial charge on any atom is 0.353 e. The van der Waals surface area contributed by atoms with Crippen molar-refractivity contribution < 1.29 is 19.5 Å². The number of thiazole rings is 1. The third-order valence-corrected chi connectivity index (χ3v) is 6.61. The number of carbonyl (C=O) groups is 1. The largest absolute Gasteiger partial charge is 0.486 e. The smallest absolute Gasteiger partial charge is 0.353 e. The van der Waals surface area contributed by atoms with Gasteiger partial charge >= 0.3 is 5.97 Å². The average molecular weight is 439 g/mol. The third-order valence-electron chi connectivity index (χ3n) is 5.60. The van der Waals surface area contributed by atoms with Crippen LogP contribution in [0.1, 0.15) is 55.7 Å². The fraction of sp³-hybridized carbons (Fsp3) is 0.375. The van der Waals surface area contributed by atoms with Crippen LogP contribution in [-0.4, -0.2) is 21.8 Å². The summed E-state index contributed by atoms with van der Waals surface area (Å²) in [5, 5.41) is 13.9. The number of ether oxygens (including phenoxy) is 1. The van der Waals surface area contributed by atoms with Crippen molar-refractivity contribution in [3.63, 3.8) is 0 Å². The van der Waals surface area contributed by atoms with Gasteiger partial charge in [0.25, 0.3) is 0 Å². The number of nitrogens with zero attached hydrogens (tertiary/aromatic N) is 2. The van der Waals surface area contributed by atoms with Crippen molar-refractivity contribution in [2.45, 2.75) is 51.7 Å². The normalized spacial score (nSPS) is 16.2. The SMILES string of the molecule is C/C(=N\OC(c1ccc(OCc2nc3ccccc3s2)cc1)C1CCCCC1)C(=O)O. The van der Waals surface area contributed by atoms with Gasteiger partial charge in [0.05, 0.1) is 10.2 Å². The van der Waals surface area contributed by atoms with Crippen molar-refractivity contribution in [2.24, 2.45) is 11.1 Å². The topological polar surface area (TPSA) is 81.0 Å². The molecule has 0 amide bonds. The Bertz CT molecular complexity index is 1020. The summed E-state index contributed by atoms with van der Waals surface area (Å²) in [6.45, 7) is 1.86. The molecule has 1 atom stereocenters. The van der Waals surface area contributed by atoms with Crippen LogP contribution in [0.3, 0.4) is 0 Å².